The molecule has 5 heteroatoms. The van der Waals surface area contributed by atoms with Gasteiger partial charge in [0.05, 0.1) is 15.2 Å². The molecule has 1 saturated heterocycles. The number of fused-ring (bicyclic) bond motifs is 1. The highest BCUT2D eigenvalue weighted by atomic mass is 32.2. The molecular formula is C16H22N2S3. The van der Waals surface area contributed by atoms with Gasteiger partial charge in [0.25, 0.3) is 0 Å². The van der Waals surface area contributed by atoms with Gasteiger partial charge in [-0.1, -0.05) is 26.0 Å². The van der Waals surface area contributed by atoms with E-state index in [4.69, 9.17) is 4.98 Å². The summed E-state index contributed by atoms with van der Waals surface area (Å²) in [4.78, 5) is 4.82. The number of nitrogens with zero attached hydrogens (tertiary/aromatic N) is 1. The van der Waals surface area contributed by atoms with Crippen LogP contribution in [0, 0.1) is 0 Å². The molecule has 1 N–H and O–H groups in total. The molecule has 114 valence electrons. The van der Waals surface area contributed by atoms with E-state index in [9.17, 15) is 0 Å². The lowest BCUT2D eigenvalue weighted by Crippen LogP contribution is -2.45. The van der Waals surface area contributed by atoms with E-state index in [0.29, 0.717) is 11.3 Å². The van der Waals surface area contributed by atoms with E-state index in [1.807, 2.05) is 11.3 Å². The number of hydrogen-bond donors (Lipinski definition) is 1. The highest BCUT2D eigenvalue weighted by Crippen LogP contribution is 2.34. The molecular weight excluding hydrogens is 316 g/mol. The Morgan fingerprint density at radius 3 is 2.86 bits per heavy atom. The van der Waals surface area contributed by atoms with Gasteiger partial charge in [-0.2, -0.15) is 23.5 Å². The van der Waals surface area contributed by atoms with E-state index in [1.54, 1.807) is 0 Å². The van der Waals surface area contributed by atoms with Crippen molar-refractivity contribution in [3.63, 3.8) is 0 Å². The predicted octanol–water partition coefficient (Wildman–Crippen LogP) is 4.05. The van der Waals surface area contributed by atoms with Crippen molar-refractivity contribution >= 4 is 45.1 Å². The largest absolute Gasteiger partial charge is 0.313 e. The quantitative estimate of drug-likeness (QED) is 0.889. The minimum atomic E-state index is 0.531. The van der Waals surface area contributed by atoms with Crippen LogP contribution in [0.4, 0.5) is 0 Å². The summed E-state index contributed by atoms with van der Waals surface area (Å²) in [6.45, 7) is 5.62. The molecule has 1 aromatic carbocycles. The van der Waals surface area contributed by atoms with Gasteiger partial charge < -0.3 is 5.32 Å². The molecule has 21 heavy (non-hydrogen) atoms. The summed E-state index contributed by atoms with van der Waals surface area (Å²) in [5, 5.41) is 6.39. The number of aromatic nitrogens is 1. The first-order valence-corrected chi connectivity index (χ1v) is 10.5. The maximum atomic E-state index is 4.82. The number of thiazole rings is 1. The molecule has 1 aromatic heterocycles. The second kappa shape index (κ2) is 7.36. The van der Waals surface area contributed by atoms with E-state index in [1.165, 1.54) is 21.2 Å². The molecule has 2 heterocycles. The van der Waals surface area contributed by atoms with Crippen molar-refractivity contribution in [3.8, 4) is 0 Å². The molecule has 2 nitrogen and oxygen atoms in total. The van der Waals surface area contributed by atoms with Gasteiger partial charge in [0.2, 0.25) is 0 Å². The Kier molecular flexibility index (Phi) is 5.49. The Balaban J connectivity index is 1.77. The lowest BCUT2D eigenvalue weighted by Gasteiger charge is -2.34. The van der Waals surface area contributed by atoms with Gasteiger partial charge in [0.1, 0.15) is 0 Å². The Hall–Kier alpha value is -0.230. The van der Waals surface area contributed by atoms with Gasteiger partial charge >= 0.3 is 0 Å². The minimum Gasteiger partial charge on any atom is -0.313 e. The molecule has 0 amide bonds. The summed E-state index contributed by atoms with van der Waals surface area (Å²) in [5.74, 6) is 2.57. The molecule has 0 radical (unpaired) electrons. The van der Waals surface area contributed by atoms with E-state index in [2.05, 4.69) is 67.0 Å². The molecule has 0 bridgehead atoms. The maximum absolute atomic E-state index is 4.82. The first-order valence-electron chi connectivity index (χ1n) is 7.59. The van der Waals surface area contributed by atoms with E-state index in [-0.39, 0.29) is 0 Å². The van der Waals surface area contributed by atoms with E-state index >= 15 is 0 Å². The lowest BCUT2D eigenvalue weighted by molar-refractivity contribution is 0.500. The first-order chi connectivity index (χ1) is 10.3. The van der Waals surface area contributed by atoms with Crippen molar-refractivity contribution in [1.29, 1.82) is 0 Å². The highest BCUT2D eigenvalue weighted by Gasteiger charge is 2.30. The maximum Gasteiger partial charge on any atom is 0.0954 e. The fraction of sp³-hybridized carbons (Fsp3) is 0.562. The average molecular weight is 339 g/mol. The van der Waals surface area contributed by atoms with Crippen molar-refractivity contribution < 1.29 is 0 Å². The predicted molar refractivity (Wildman–Crippen MR) is 99.0 cm³/mol. The molecule has 3 unspecified atom stereocenters. The standard InChI is InChI=1S/C16H22N2S3/c1-3-17-13(16-11(2)19-8-9-20-16)10-15-18-12-6-4-5-7-14(12)21-15/h4-7,11,13,16-17H,3,8-10H2,1-2H3. The molecule has 1 fully saturated rings. The van der Waals surface area contributed by atoms with Crippen LogP contribution in [0.15, 0.2) is 24.3 Å². The van der Waals surface area contributed by atoms with E-state index in [0.717, 1.165) is 23.7 Å². The van der Waals surface area contributed by atoms with Crippen LogP contribution in [-0.2, 0) is 6.42 Å². The third-order valence-electron chi connectivity index (χ3n) is 3.83. The average Bonchev–Trinajstić information content (AvgIpc) is 2.89. The van der Waals surface area contributed by atoms with Gasteiger partial charge in [-0.25, -0.2) is 4.98 Å². The summed E-state index contributed by atoms with van der Waals surface area (Å²) >= 11 is 6.11. The van der Waals surface area contributed by atoms with Crippen LogP contribution in [0.5, 0.6) is 0 Å². The van der Waals surface area contributed by atoms with Crippen molar-refractivity contribution in [2.45, 2.75) is 36.8 Å². The Morgan fingerprint density at radius 2 is 2.10 bits per heavy atom. The topological polar surface area (TPSA) is 24.9 Å². The van der Waals surface area contributed by atoms with Crippen LogP contribution >= 0.6 is 34.9 Å². The third kappa shape index (κ3) is 3.76. The van der Waals surface area contributed by atoms with Gasteiger partial charge in [0.15, 0.2) is 0 Å². The zero-order valence-electron chi connectivity index (χ0n) is 12.5. The summed E-state index contributed by atoms with van der Waals surface area (Å²) in [5.41, 5.74) is 1.14. The number of benzene rings is 1. The van der Waals surface area contributed by atoms with Gasteiger partial charge in [-0.05, 0) is 18.7 Å². The SMILES string of the molecule is CCNC(Cc1nc2ccccc2s1)C1SCCSC1C. The monoisotopic (exact) mass is 338 g/mol. The molecule has 0 spiro atoms. The summed E-state index contributed by atoms with van der Waals surface area (Å²) in [6.07, 6.45) is 1.05. The van der Waals surface area contributed by atoms with Crippen LogP contribution in [-0.4, -0.2) is 39.6 Å². The van der Waals surface area contributed by atoms with Crippen molar-refractivity contribution in [2.24, 2.45) is 0 Å². The number of likely N-dealkylation sites (N-methyl/N-ethyl adjacent to an activating group) is 1. The second-order valence-electron chi connectivity index (χ2n) is 5.35. The lowest BCUT2D eigenvalue weighted by atomic mass is 10.1. The second-order valence-corrected chi connectivity index (χ2v) is 9.24. The minimum absolute atomic E-state index is 0.531. The smallest absolute Gasteiger partial charge is 0.0954 e. The summed E-state index contributed by atoms with van der Waals surface area (Å²) < 4.78 is 1.31. The Labute approximate surface area is 139 Å². The molecule has 3 atom stereocenters. The molecule has 0 saturated carbocycles. The molecule has 1 aliphatic rings. The van der Waals surface area contributed by atoms with Crippen LogP contribution in [0.1, 0.15) is 18.9 Å². The Bertz CT molecular complexity index is 551. The zero-order chi connectivity index (χ0) is 14.7. The third-order valence-corrected chi connectivity index (χ3v) is 8.14. The van der Waals surface area contributed by atoms with Gasteiger partial charge in [-0.3, -0.25) is 0 Å². The first kappa shape index (κ1) is 15.7. The summed E-state index contributed by atoms with van der Waals surface area (Å²) in [7, 11) is 0. The number of hydrogen-bond acceptors (Lipinski definition) is 5. The van der Waals surface area contributed by atoms with Crippen LogP contribution in [0.3, 0.4) is 0 Å². The van der Waals surface area contributed by atoms with Gasteiger partial charge in [0, 0.05) is 34.5 Å². The van der Waals surface area contributed by atoms with Crippen molar-refractivity contribution in [2.75, 3.05) is 18.1 Å². The molecule has 3 rings (SSSR count). The number of nitrogens with one attached hydrogen (secondary N) is 1. The Morgan fingerprint density at radius 1 is 1.29 bits per heavy atom. The number of rotatable bonds is 5. The highest BCUT2D eigenvalue weighted by molar-refractivity contribution is 8.07. The van der Waals surface area contributed by atoms with E-state index < -0.39 is 0 Å². The molecule has 0 aliphatic carbocycles. The normalized spacial score (nSPS) is 24.3. The van der Waals surface area contributed by atoms with Crippen LogP contribution < -0.4 is 5.32 Å². The zero-order valence-corrected chi connectivity index (χ0v) is 15.0. The van der Waals surface area contributed by atoms with Crippen molar-refractivity contribution in [1.82, 2.24) is 10.3 Å². The number of para-hydroxylation sites is 1. The van der Waals surface area contributed by atoms with Gasteiger partial charge in [-0.15, -0.1) is 11.3 Å². The molecule has 2 aromatic rings. The molecule has 1 aliphatic heterocycles. The van der Waals surface area contributed by atoms with Crippen molar-refractivity contribution in [3.05, 3.63) is 29.3 Å². The fourth-order valence-corrected chi connectivity index (χ4v) is 6.84. The summed E-state index contributed by atoms with van der Waals surface area (Å²) in [6, 6.07) is 8.99. The number of thioether (sulfide) groups is 2. The van der Waals surface area contributed by atoms with Crippen LogP contribution in [0.25, 0.3) is 10.2 Å². The van der Waals surface area contributed by atoms with Crippen LogP contribution in [0.2, 0.25) is 0 Å². The fourth-order valence-electron chi connectivity index (χ4n) is 2.85.